The topological polar surface area (TPSA) is 53.4 Å². The Balaban J connectivity index is 1.87. The molecule has 3 nitrogen and oxygen atoms in total. The maximum Gasteiger partial charge on any atom is 0.124 e. The number of thioether (sulfide) groups is 1. The number of aliphatic hydroxyl groups excluding tert-OH is 2. The Hall–Kier alpha value is -0.400. The third-order valence-electron chi connectivity index (χ3n) is 2.09. The van der Waals surface area contributed by atoms with Gasteiger partial charge in [0.15, 0.2) is 0 Å². The Kier molecular flexibility index (Phi) is 4.99. The molecule has 0 aliphatic heterocycles. The summed E-state index contributed by atoms with van der Waals surface area (Å²) in [6, 6.07) is 2.07. The number of thiophene rings is 1. The van der Waals surface area contributed by atoms with Gasteiger partial charge in [0, 0.05) is 27.8 Å². The van der Waals surface area contributed by atoms with Crippen molar-refractivity contribution in [2.24, 2.45) is 0 Å². The minimum Gasteiger partial charge on any atom is -0.394 e. The van der Waals surface area contributed by atoms with Gasteiger partial charge in [-0.2, -0.15) is 23.1 Å². The molecular formula is C11H13NO2S3. The highest BCUT2D eigenvalue weighted by Crippen LogP contribution is 2.27. The number of aliphatic hydroxyl groups is 2. The van der Waals surface area contributed by atoms with E-state index in [9.17, 15) is 5.11 Å². The van der Waals surface area contributed by atoms with Crippen LogP contribution in [0.2, 0.25) is 0 Å². The van der Waals surface area contributed by atoms with E-state index in [0.717, 1.165) is 16.5 Å². The number of nitrogens with zero attached hydrogens (tertiary/aromatic N) is 1. The van der Waals surface area contributed by atoms with E-state index in [4.69, 9.17) is 5.11 Å². The molecule has 2 heterocycles. The van der Waals surface area contributed by atoms with Gasteiger partial charge in [-0.05, 0) is 11.4 Å². The lowest BCUT2D eigenvalue weighted by Gasteiger charge is -2.04. The molecule has 0 amide bonds. The molecule has 0 aliphatic rings. The molecule has 0 radical (unpaired) electrons. The summed E-state index contributed by atoms with van der Waals surface area (Å²) in [7, 11) is 0. The van der Waals surface area contributed by atoms with Crippen LogP contribution >= 0.6 is 34.4 Å². The fourth-order valence-corrected chi connectivity index (χ4v) is 3.73. The minimum atomic E-state index is -0.630. The molecular weight excluding hydrogens is 274 g/mol. The van der Waals surface area contributed by atoms with Crippen molar-refractivity contribution in [2.75, 3.05) is 12.4 Å². The first kappa shape index (κ1) is 13.0. The van der Waals surface area contributed by atoms with Crippen LogP contribution in [0.5, 0.6) is 0 Å². The first-order valence-corrected chi connectivity index (χ1v) is 8.11. The lowest BCUT2D eigenvalue weighted by Crippen LogP contribution is -2.14. The van der Waals surface area contributed by atoms with Crippen molar-refractivity contribution < 1.29 is 10.2 Å². The van der Waals surface area contributed by atoms with E-state index in [1.54, 1.807) is 34.4 Å². The van der Waals surface area contributed by atoms with Gasteiger partial charge >= 0.3 is 0 Å². The van der Waals surface area contributed by atoms with Gasteiger partial charge in [0.2, 0.25) is 0 Å². The van der Waals surface area contributed by atoms with E-state index in [-0.39, 0.29) is 6.61 Å². The van der Waals surface area contributed by atoms with Gasteiger partial charge < -0.3 is 10.2 Å². The molecule has 1 unspecified atom stereocenters. The Morgan fingerprint density at radius 3 is 3.00 bits per heavy atom. The Morgan fingerprint density at radius 1 is 1.41 bits per heavy atom. The van der Waals surface area contributed by atoms with Gasteiger partial charge in [-0.3, -0.25) is 0 Å². The Labute approximate surface area is 112 Å². The Morgan fingerprint density at radius 2 is 2.29 bits per heavy atom. The molecule has 92 valence electrons. The molecule has 2 rings (SSSR count). The van der Waals surface area contributed by atoms with E-state index >= 15 is 0 Å². The second-order valence-electron chi connectivity index (χ2n) is 3.51. The van der Waals surface area contributed by atoms with E-state index in [0.29, 0.717) is 5.75 Å². The zero-order valence-electron chi connectivity index (χ0n) is 9.07. The van der Waals surface area contributed by atoms with Crippen LogP contribution in [-0.2, 0) is 5.75 Å². The largest absolute Gasteiger partial charge is 0.394 e. The molecule has 6 heteroatoms. The van der Waals surface area contributed by atoms with Gasteiger partial charge in [-0.1, -0.05) is 0 Å². The molecule has 0 bridgehead atoms. The summed E-state index contributed by atoms with van der Waals surface area (Å²) in [5.74, 6) is 1.32. The minimum absolute atomic E-state index is 0.176. The highest BCUT2D eigenvalue weighted by atomic mass is 32.2. The number of hydrogen-bond acceptors (Lipinski definition) is 6. The van der Waals surface area contributed by atoms with E-state index in [1.165, 1.54) is 5.56 Å². The van der Waals surface area contributed by atoms with Crippen LogP contribution in [0.4, 0.5) is 0 Å². The summed E-state index contributed by atoms with van der Waals surface area (Å²) >= 11 is 4.90. The smallest absolute Gasteiger partial charge is 0.124 e. The average Bonchev–Trinajstić information content (AvgIpc) is 2.98. The van der Waals surface area contributed by atoms with Gasteiger partial charge in [0.05, 0.1) is 18.4 Å². The van der Waals surface area contributed by atoms with Crippen LogP contribution < -0.4 is 0 Å². The fraction of sp³-hybridized carbons (Fsp3) is 0.364. The predicted octanol–water partition coefficient (Wildman–Crippen LogP) is 2.46. The third-order valence-corrected chi connectivity index (χ3v) is 4.83. The van der Waals surface area contributed by atoms with Crippen LogP contribution in [0.3, 0.4) is 0 Å². The van der Waals surface area contributed by atoms with Crippen LogP contribution in [0, 0.1) is 0 Å². The van der Waals surface area contributed by atoms with Crippen molar-refractivity contribution in [3.8, 4) is 10.6 Å². The van der Waals surface area contributed by atoms with Crippen molar-refractivity contribution in [3.05, 3.63) is 27.9 Å². The predicted molar refractivity (Wildman–Crippen MR) is 74.7 cm³/mol. The molecule has 0 aliphatic carbocycles. The van der Waals surface area contributed by atoms with Gasteiger partial charge in [0.25, 0.3) is 0 Å². The first-order valence-electron chi connectivity index (χ1n) is 5.13. The monoisotopic (exact) mass is 287 g/mol. The number of hydrogen-bond donors (Lipinski definition) is 2. The summed E-state index contributed by atoms with van der Waals surface area (Å²) in [6.45, 7) is -0.176. The van der Waals surface area contributed by atoms with Crippen LogP contribution in [-0.4, -0.2) is 33.7 Å². The highest BCUT2D eigenvalue weighted by Gasteiger charge is 2.06. The van der Waals surface area contributed by atoms with Crippen LogP contribution in [0.1, 0.15) is 5.69 Å². The quantitative estimate of drug-likeness (QED) is 0.857. The van der Waals surface area contributed by atoms with Crippen molar-refractivity contribution in [2.45, 2.75) is 11.9 Å². The summed E-state index contributed by atoms with van der Waals surface area (Å²) in [5.41, 5.74) is 2.21. The van der Waals surface area contributed by atoms with Crippen molar-refractivity contribution >= 4 is 34.4 Å². The zero-order chi connectivity index (χ0) is 12.1. The first-order chi connectivity index (χ1) is 8.29. The second-order valence-corrected chi connectivity index (χ2v) is 6.18. The maximum atomic E-state index is 9.20. The standard InChI is InChI=1S/C11H13NO2S3/c13-3-10(14)7-16-5-9-6-17-11(12-9)8-1-2-15-4-8/h1-2,4,6,10,13-14H,3,5,7H2. The van der Waals surface area contributed by atoms with Gasteiger partial charge in [-0.15, -0.1) is 11.3 Å². The maximum absolute atomic E-state index is 9.20. The summed E-state index contributed by atoms with van der Waals surface area (Å²) in [6.07, 6.45) is -0.630. The van der Waals surface area contributed by atoms with Crippen molar-refractivity contribution in [3.63, 3.8) is 0 Å². The van der Waals surface area contributed by atoms with Gasteiger partial charge in [0.1, 0.15) is 5.01 Å². The normalized spacial score (nSPS) is 12.8. The lowest BCUT2D eigenvalue weighted by atomic mass is 10.4. The molecule has 2 N–H and O–H groups in total. The molecule has 0 fully saturated rings. The number of aromatic nitrogens is 1. The molecule has 1 atom stereocenters. The molecule has 17 heavy (non-hydrogen) atoms. The summed E-state index contributed by atoms with van der Waals surface area (Å²) in [5, 5.41) is 25.1. The third kappa shape index (κ3) is 3.79. The zero-order valence-corrected chi connectivity index (χ0v) is 11.5. The second kappa shape index (κ2) is 6.51. The molecule has 0 aromatic carbocycles. The highest BCUT2D eigenvalue weighted by molar-refractivity contribution is 7.98. The Bertz CT molecular complexity index is 441. The van der Waals surface area contributed by atoms with Crippen molar-refractivity contribution in [1.82, 2.24) is 4.98 Å². The van der Waals surface area contributed by atoms with E-state index < -0.39 is 6.10 Å². The average molecular weight is 287 g/mol. The van der Waals surface area contributed by atoms with Gasteiger partial charge in [-0.25, -0.2) is 4.98 Å². The summed E-state index contributed by atoms with van der Waals surface area (Å²) < 4.78 is 0. The number of rotatable bonds is 6. The van der Waals surface area contributed by atoms with Crippen molar-refractivity contribution in [1.29, 1.82) is 0 Å². The number of thiazole rings is 1. The van der Waals surface area contributed by atoms with Crippen LogP contribution in [0.25, 0.3) is 10.6 Å². The molecule has 2 aromatic rings. The molecule has 0 saturated carbocycles. The molecule has 0 saturated heterocycles. The van der Waals surface area contributed by atoms with E-state index in [1.807, 2.05) is 10.8 Å². The molecule has 0 spiro atoms. The van der Waals surface area contributed by atoms with E-state index in [2.05, 4.69) is 16.4 Å². The van der Waals surface area contributed by atoms with Crippen LogP contribution in [0.15, 0.2) is 22.2 Å². The summed E-state index contributed by atoms with van der Waals surface area (Å²) in [4.78, 5) is 4.54. The fourth-order valence-electron chi connectivity index (χ4n) is 1.24. The SMILES string of the molecule is OCC(O)CSCc1csc(-c2ccsc2)n1. The molecule has 2 aromatic heterocycles. The lowest BCUT2D eigenvalue weighted by molar-refractivity contribution is 0.113.